The van der Waals surface area contributed by atoms with E-state index in [4.69, 9.17) is 9.47 Å². The van der Waals surface area contributed by atoms with E-state index in [-0.39, 0.29) is 0 Å². The summed E-state index contributed by atoms with van der Waals surface area (Å²) in [6.45, 7) is 8.09. The molecule has 0 aliphatic heterocycles. The number of hydrogen-bond donors (Lipinski definition) is 0. The lowest BCUT2D eigenvalue weighted by Gasteiger charge is -2.15. The Balaban J connectivity index is 3.52. The van der Waals surface area contributed by atoms with E-state index in [9.17, 15) is 4.79 Å². The lowest BCUT2D eigenvalue weighted by atomic mass is 10.2. The number of carbonyl (C=O) groups excluding carboxylic acids is 1. The molecule has 88 valence electrons. The zero-order chi connectivity index (χ0) is 11.5. The zero-order valence-corrected chi connectivity index (χ0v) is 9.83. The molecule has 0 N–H and O–H groups in total. The maximum atomic E-state index is 10.9. The van der Waals surface area contributed by atoms with E-state index in [2.05, 4.69) is 13.5 Å². The predicted molar refractivity (Wildman–Crippen MR) is 60.5 cm³/mol. The van der Waals surface area contributed by atoms with E-state index in [0.29, 0.717) is 13.0 Å². The van der Waals surface area contributed by atoms with Crippen molar-refractivity contribution in [2.45, 2.75) is 52.2 Å². The molecule has 0 radical (unpaired) electrons. The highest BCUT2D eigenvalue weighted by Gasteiger charge is 2.09. The average molecular weight is 214 g/mol. The molecule has 0 bridgehead atoms. The van der Waals surface area contributed by atoms with Crippen molar-refractivity contribution in [3.8, 4) is 0 Å². The summed E-state index contributed by atoms with van der Waals surface area (Å²) in [5.74, 6) is -0.421. The first-order valence-electron chi connectivity index (χ1n) is 5.69. The van der Waals surface area contributed by atoms with E-state index in [0.717, 1.165) is 12.5 Å². The van der Waals surface area contributed by atoms with E-state index in [1.165, 1.54) is 19.3 Å². The third-order valence-corrected chi connectivity index (χ3v) is 2.05. The molecule has 0 fully saturated rings. The molecule has 0 rings (SSSR count). The summed E-state index contributed by atoms with van der Waals surface area (Å²) in [7, 11) is 0. The Kier molecular flexibility index (Phi) is 9.18. The van der Waals surface area contributed by atoms with Crippen LogP contribution in [0.2, 0.25) is 0 Å². The second kappa shape index (κ2) is 9.71. The molecule has 3 heteroatoms. The van der Waals surface area contributed by atoms with Gasteiger partial charge in [0.2, 0.25) is 6.29 Å². The Labute approximate surface area is 92.5 Å². The molecule has 1 unspecified atom stereocenters. The van der Waals surface area contributed by atoms with E-state index >= 15 is 0 Å². The quantitative estimate of drug-likeness (QED) is 0.256. The maximum absolute atomic E-state index is 10.9. The van der Waals surface area contributed by atoms with Crippen molar-refractivity contribution in [3.05, 3.63) is 12.7 Å². The Morgan fingerprint density at radius 1 is 1.33 bits per heavy atom. The first-order valence-corrected chi connectivity index (χ1v) is 5.69. The van der Waals surface area contributed by atoms with Crippen molar-refractivity contribution < 1.29 is 14.3 Å². The monoisotopic (exact) mass is 214 g/mol. The molecule has 3 nitrogen and oxygen atoms in total. The fraction of sp³-hybridized carbons (Fsp3) is 0.750. The number of carbonyl (C=O) groups is 1. The van der Waals surface area contributed by atoms with Gasteiger partial charge in [0.1, 0.15) is 0 Å². The summed E-state index contributed by atoms with van der Waals surface area (Å²) in [6, 6.07) is 0. The van der Waals surface area contributed by atoms with Crippen molar-refractivity contribution in [1.29, 1.82) is 0 Å². The summed E-state index contributed by atoms with van der Waals surface area (Å²) >= 11 is 0. The molecule has 0 aromatic carbocycles. The van der Waals surface area contributed by atoms with Gasteiger partial charge in [0, 0.05) is 12.5 Å². The van der Waals surface area contributed by atoms with Crippen LogP contribution in [0.1, 0.15) is 46.0 Å². The first-order chi connectivity index (χ1) is 7.24. The van der Waals surface area contributed by atoms with Gasteiger partial charge in [-0.2, -0.15) is 0 Å². The maximum Gasteiger partial charge on any atom is 0.332 e. The van der Waals surface area contributed by atoms with Crippen LogP contribution in [0.3, 0.4) is 0 Å². The summed E-state index contributed by atoms with van der Waals surface area (Å²) < 4.78 is 10.4. The van der Waals surface area contributed by atoms with Crippen molar-refractivity contribution in [2.24, 2.45) is 0 Å². The van der Waals surface area contributed by atoms with Crippen LogP contribution in [-0.2, 0) is 14.3 Å². The van der Waals surface area contributed by atoms with Crippen LogP contribution < -0.4 is 0 Å². The Morgan fingerprint density at radius 3 is 2.60 bits per heavy atom. The third kappa shape index (κ3) is 8.18. The van der Waals surface area contributed by atoms with Crippen LogP contribution >= 0.6 is 0 Å². The van der Waals surface area contributed by atoms with Crippen LogP contribution in [0.4, 0.5) is 0 Å². The minimum Gasteiger partial charge on any atom is -0.433 e. The Bertz CT molecular complexity index is 178. The molecule has 0 amide bonds. The number of esters is 1. The topological polar surface area (TPSA) is 35.5 Å². The van der Waals surface area contributed by atoms with Gasteiger partial charge >= 0.3 is 5.97 Å². The van der Waals surface area contributed by atoms with Crippen LogP contribution in [0, 0.1) is 0 Å². The number of unbranched alkanes of at least 4 members (excludes halogenated alkanes) is 3. The summed E-state index contributed by atoms with van der Waals surface area (Å²) in [6.07, 6.45) is 6.04. The normalized spacial score (nSPS) is 12.1. The van der Waals surface area contributed by atoms with Crippen LogP contribution in [0.5, 0.6) is 0 Å². The Morgan fingerprint density at radius 2 is 2.07 bits per heavy atom. The second-order valence-electron chi connectivity index (χ2n) is 3.41. The molecule has 0 saturated carbocycles. The molecule has 15 heavy (non-hydrogen) atoms. The lowest BCUT2D eigenvalue weighted by Crippen LogP contribution is -2.20. The molecule has 0 spiro atoms. The standard InChI is InChI=1S/C12H22O3/c1-4-7-8-9-10-14-12(6-3)15-11(13)5-2/h5,12H,2,4,6-10H2,1,3H3. The fourth-order valence-electron chi connectivity index (χ4n) is 1.16. The van der Waals surface area contributed by atoms with Gasteiger partial charge in [0.05, 0.1) is 6.61 Å². The molecule has 0 saturated heterocycles. The summed E-state index contributed by atoms with van der Waals surface area (Å²) in [5, 5.41) is 0. The smallest absolute Gasteiger partial charge is 0.332 e. The number of rotatable bonds is 9. The minimum absolute atomic E-state index is 0.419. The van der Waals surface area contributed by atoms with E-state index in [1.807, 2.05) is 6.92 Å². The second-order valence-corrected chi connectivity index (χ2v) is 3.41. The first kappa shape index (κ1) is 14.2. The van der Waals surface area contributed by atoms with Crippen molar-refractivity contribution in [1.82, 2.24) is 0 Å². The molecular formula is C12H22O3. The summed E-state index contributed by atoms with van der Waals surface area (Å²) in [5.41, 5.74) is 0. The largest absolute Gasteiger partial charge is 0.433 e. The third-order valence-electron chi connectivity index (χ3n) is 2.05. The Hall–Kier alpha value is -0.830. The SMILES string of the molecule is C=CC(=O)OC(CC)OCCCCCC. The van der Waals surface area contributed by atoms with Gasteiger partial charge < -0.3 is 9.47 Å². The molecule has 0 aromatic rings. The number of ether oxygens (including phenoxy) is 2. The van der Waals surface area contributed by atoms with Crippen molar-refractivity contribution in [2.75, 3.05) is 6.61 Å². The molecule has 0 aliphatic rings. The van der Waals surface area contributed by atoms with Gasteiger partial charge in [0.15, 0.2) is 0 Å². The lowest BCUT2D eigenvalue weighted by molar-refractivity contribution is -0.173. The van der Waals surface area contributed by atoms with Crippen LogP contribution in [-0.4, -0.2) is 18.9 Å². The van der Waals surface area contributed by atoms with Gasteiger partial charge in [0.25, 0.3) is 0 Å². The fourth-order valence-corrected chi connectivity index (χ4v) is 1.16. The highest BCUT2D eigenvalue weighted by atomic mass is 16.7. The van der Waals surface area contributed by atoms with Crippen molar-refractivity contribution in [3.63, 3.8) is 0 Å². The van der Waals surface area contributed by atoms with Crippen LogP contribution in [0.15, 0.2) is 12.7 Å². The van der Waals surface area contributed by atoms with Gasteiger partial charge in [-0.1, -0.05) is 39.7 Å². The average Bonchev–Trinajstić information content (AvgIpc) is 2.26. The minimum atomic E-state index is -0.421. The van der Waals surface area contributed by atoms with E-state index in [1.54, 1.807) is 0 Å². The molecule has 0 heterocycles. The van der Waals surface area contributed by atoms with Gasteiger partial charge in [-0.05, 0) is 6.42 Å². The number of hydrogen-bond acceptors (Lipinski definition) is 3. The highest BCUT2D eigenvalue weighted by molar-refractivity contribution is 5.81. The predicted octanol–water partition coefficient (Wildman–Crippen LogP) is 3.05. The highest BCUT2D eigenvalue weighted by Crippen LogP contribution is 2.05. The van der Waals surface area contributed by atoms with Crippen molar-refractivity contribution >= 4 is 5.97 Å². The van der Waals surface area contributed by atoms with Gasteiger partial charge in [-0.3, -0.25) is 0 Å². The molecule has 0 aromatic heterocycles. The van der Waals surface area contributed by atoms with Gasteiger partial charge in [-0.25, -0.2) is 4.79 Å². The summed E-state index contributed by atoms with van der Waals surface area (Å²) in [4.78, 5) is 10.9. The van der Waals surface area contributed by atoms with Crippen LogP contribution in [0.25, 0.3) is 0 Å². The molecule has 0 aliphatic carbocycles. The molecule has 1 atom stereocenters. The molecular weight excluding hydrogens is 192 g/mol. The van der Waals surface area contributed by atoms with Gasteiger partial charge in [-0.15, -0.1) is 0 Å². The van der Waals surface area contributed by atoms with E-state index < -0.39 is 12.3 Å². The zero-order valence-electron chi connectivity index (χ0n) is 9.83.